The third-order valence-corrected chi connectivity index (χ3v) is 2.44. The molecule has 0 saturated carbocycles. The highest BCUT2D eigenvalue weighted by atomic mass is 16.6. The van der Waals surface area contributed by atoms with E-state index in [1.54, 1.807) is 6.07 Å². The molecule has 1 aliphatic heterocycles. The molecule has 1 amide bonds. The minimum atomic E-state index is -1.13. The van der Waals surface area contributed by atoms with Crippen molar-refractivity contribution >= 4 is 17.7 Å². The van der Waals surface area contributed by atoms with Gasteiger partial charge in [-0.2, -0.15) is 0 Å². The van der Waals surface area contributed by atoms with Gasteiger partial charge in [0.1, 0.15) is 12.2 Å². The largest absolute Gasteiger partial charge is 0.487 e. The first-order chi connectivity index (χ1) is 8.58. The van der Waals surface area contributed by atoms with Crippen LogP contribution < -0.4 is 15.8 Å². The summed E-state index contributed by atoms with van der Waals surface area (Å²) >= 11 is 0. The summed E-state index contributed by atoms with van der Waals surface area (Å²) in [7, 11) is 0. The molecule has 1 aromatic carbocycles. The van der Waals surface area contributed by atoms with Crippen LogP contribution in [0.1, 0.15) is 10.4 Å². The van der Waals surface area contributed by atoms with Crippen molar-refractivity contribution in [2.45, 2.75) is 6.10 Å². The van der Waals surface area contributed by atoms with E-state index in [1.807, 2.05) is 0 Å². The van der Waals surface area contributed by atoms with Crippen molar-refractivity contribution in [3.8, 4) is 5.75 Å². The van der Waals surface area contributed by atoms with Crippen LogP contribution in [0.2, 0.25) is 0 Å². The molecule has 0 radical (unpaired) electrons. The van der Waals surface area contributed by atoms with Gasteiger partial charge in [0, 0.05) is 0 Å². The van der Waals surface area contributed by atoms with Crippen LogP contribution in [0.25, 0.3) is 0 Å². The molecule has 2 rings (SSSR count). The Morgan fingerprint density at radius 3 is 3.00 bits per heavy atom. The number of carboxylic acid groups (broad SMARTS) is 1. The predicted molar refractivity (Wildman–Crippen MR) is 61.6 cm³/mol. The number of rotatable bonds is 4. The smallest absolute Gasteiger partial charge is 0.407 e. The zero-order chi connectivity index (χ0) is 13.1. The van der Waals surface area contributed by atoms with Gasteiger partial charge >= 0.3 is 12.1 Å². The van der Waals surface area contributed by atoms with Crippen molar-refractivity contribution in [2.75, 3.05) is 18.9 Å². The van der Waals surface area contributed by atoms with E-state index in [0.29, 0.717) is 6.54 Å². The maximum atomic E-state index is 11.0. The molecule has 1 heterocycles. The minimum absolute atomic E-state index is 0.0210. The molecule has 0 bridgehead atoms. The summed E-state index contributed by atoms with van der Waals surface area (Å²) in [4.78, 5) is 21.8. The van der Waals surface area contributed by atoms with E-state index in [1.165, 1.54) is 12.1 Å². The maximum Gasteiger partial charge on any atom is 0.407 e. The standard InChI is InChI=1S/C11H12N2O5/c12-8-3-1-2-7(10(14)15)9(8)17-5-6-4-13-11(16)18-6/h1-3,6H,4-5,12H2,(H,13,16)(H,14,15). The number of carboxylic acids is 1. The molecule has 1 unspecified atom stereocenters. The molecule has 1 aromatic rings. The number of cyclic esters (lactones) is 1. The van der Waals surface area contributed by atoms with Crippen LogP contribution in [-0.4, -0.2) is 36.4 Å². The highest BCUT2D eigenvalue weighted by molar-refractivity contribution is 5.93. The number of benzene rings is 1. The molecule has 1 fully saturated rings. The summed E-state index contributed by atoms with van der Waals surface area (Å²) in [5.74, 6) is -1.04. The number of hydrogen-bond acceptors (Lipinski definition) is 5. The Labute approximate surface area is 102 Å². The molecule has 7 nitrogen and oxygen atoms in total. The Hall–Kier alpha value is -2.44. The molecular weight excluding hydrogens is 240 g/mol. The Kier molecular flexibility index (Phi) is 3.22. The SMILES string of the molecule is Nc1cccc(C(=O)O)c1OCC1CNC(=O)O1. The summed E-state index contributed by atoms with van der Waals surface area (Å²) in [5, 5.41) is 11.5. The van der Waals surface area contributed by atoms with E-state index < -0.39 is 18.2 Å². The average Bonchev–Trinajstić information content (AvgIpc) is 2.73. The fourth-order valence-electron chi connectivity index (χ4n) is 1.59. The van der Waals surface area contributed by atoms with E-state index in [-0.39, 0.29) is 23.6 Å². The highest BCUT2D eigenvalue weighted by Gasteiger charge is 2.24. The average molecular weight is 252 g/mol. The van der Waals surface area contributed by atoms with Gasteiger partial charge in [-0.25, -0.2) is 9.59 Å². The van der Waals surface area contributed by atoms with Crippen LogP contribution >= 0.6 is 0 Å². The van der Waals surface area contributed by atoms with Crippen molar-refractivity contribution in [3.05, 3.63) is 23.8 Å². The van der Waals surface area contributed by atoms with Gasteiger partial charge in [0.15, 0.2) is 11.9 Å². The van der Waals surface area contributed by atoms with Gasteiger partial charge in [-0.1, -0.05) is 6.07 Å². The van der Waals surface area contributed by atoms with Crippen molar-refractivity contribution in [1.29, 1.82) is 0 Å². The molecule has 1 atom stereocenters. The maximum absolute atomic E-state index is 11.0. The number of hydrogen-bond donors (Lipinski definition) is 3. The Morgan fingerprint density at radius 2 is 2.39 bits per heavy atom. The van der Waals surface area contributed by atoms with Crippen molar-refractivity contribution in [3.63, 3.8) is 0 Å². The molecule has 0 aromatic heterocycles. The number of anilines is 1. The van der Waals surface area contributed by atoms with Crippen LogP contribution in [0.15, 0.2) is 18.2 Å². The van der Waals surface area contributed by atoms with E-state index in [4.69, 9.17) is 20.3 Å². The third kappa shape index (κ3) is 2.45. The van der Waals surface area contributed by atoms with Crippen LogP contribution in [0.3, 0.4) is 0 Å². The van der Waals surface area contributed by atoms with E-state index in [0.717, 1.165) is 0 Å². The number of nitrogen functional groups attached to an aromatic ring is 1. The summed E-state index contributed by atoms with van der Waals surface area (Å²) in [5.41, 5.74) is 5.87. The zero-order valence-corrected chi connectivity index (χ0v) is 9.38. The lowest BCUT2D eigenvalue weighted by atomic mass is 10.2. The van der Waals surface area contributed by atoms with Gasteiger partial charge in [0.2, 0.25) is 0 Å². The number of nitrogens with two attached hydrogens (primary N) is 1. The molecular formula is C11H12N2O5. The van der Waals surface area contributed by atoms with Gasteiger partial charge < -0.3 is 25.6 Å². The van der Waals surface area contributed by atoms with Crippen molar-refractivity contribution in [2.24, 2.45) is 0 Å². The second-order valence-electron chi connectivity index (χ2n) is 3.75. The number of nitrogens with one attached hydrogen (secondary N) is 1. The number of carbonyl (C=O) groups excluding carboxylic acids is 1. The number of carbonyl (C=O) groups is 2. The Morgan fingerprint density at radius 1 is 1.61 bits per heavy atom. The zero-order valence-electron chi connectivity index (χ0n) is 9.38. The van der Waals surface area contributed by atoms with E-state index in [2.05, 4.69) is 5.32 Å². The molecule has 7 heteroatoms. The van der Waals surface area contributed by atoms with Gasteiger partial charge in [-0.3, -0.25) is 0 Å². The molecule has 4 N–H and O–H groups in total. The van der Waals surface area contributed by atoms with Gasteiger partial charge in [-0.05, 0) is 12.1 Å². The molecule has 0 aliphatic carbocycles. The fraction of sp³-hybridized carbons (Fsp3) is 0.273. The number of para-hydroxylation sites is 1. The van der Waals surface area contributed by atoms with Gasteiger partial charge in [0.25, 0.3) is 0 Å². The van der Waals surface area contributed by atoms with Gasteiger partial charge in [0.05, 0.1) is 12.2 Å². The van der Waals surface area contributed by atoms with Crippen molar-refractivity contribution < 1.29 is 24.2 Å². The quantitative estimate of drug-likeness (QED) is 0.671. The number of aromatic carboxylic acids is 1. The third-order valence-electron chi connectivity index (χ3n) is 2.44. The van der Waals surface area contributed by atoms with Crippen LogP contribution in [0, 0.1) is 0 Å². The summed E-state index contributed by atoms with van der Waals surface area (Å²) in [6, 6.07) is 4.47. The van der Waals surface area contributed by atoms with E-state index in [9.17, 15) is 9.59 Å². The van der Waals surface area contributed by atoms with E-state index >= 15 is 0 Å². The second kappa shape index (κ2) is 4.82. The first kappa shape index (κ1) is 12.0. The lowest BCUT2D eigenvalue weighted by Crippen LogP contribution is -2.23. The van der Waals surface area contributed by atoms with Crippen LogP contribution in [0.4, 0.5) is 10.5 Å². The van der Waals surface area contributed by atoms with Gasteiger partial charge in [-0.15, -0.1) is 0 Å². The first-order valence-corrected chi connectivity index (χ1v) is 5.27. The highest BCUT2D eigenvalue weighted by Crippen LogP contribution is 2.26. The number of alkyl carbamates (subject to hydrolysis) is 1. The molecule has 18 heavy (non-hydrogen) atoms. The lowest BCUT2D eigenvalue weighted by Gasteiger charge is -2.13. The van der Waals surface area contributed by atoms with Crippen LogP contribution in [0.5, 0.6) is 5.75 Å². The topological polar surface area (TPSA) is 111 Å². The molecule has 1 aliphatic rings. The molecule has 96 valence electrons. The first-order valence-electron chi connectivity index (χ1n) is 5.27. The second-order valence-corrected chi connectivity index (χ2v) is 3.75. The number of ether oxygens (including phenoxy) is 2. The normalized spacial score (nSPS) is 18.0. The Balaban J connectivity index is 2.08. The summed E-state index contributed by atoms with van der Waals surface area (Å²) < 4.78 is 10.2. The number of amides is 1. The monoisotopic (exact) mass is 252 g/mol. The summed E-state index contributed by atoms with van der Waals surface area (Å²) in [6.07, 6.45) is -0.957. The molecule has 0 spiro atoms. The minimum Gasteiger partial charge on any atom is -0.487 e. The molecule has 1 saturated heterocycles. The lowest BCUT2D eigenvalue weighted by molar-refractivity contribution is 0.0684. The fourth-order valence-corrected chi connectivity index (χ4v) is 1.59. The van der Waals surface area contributed by atoms with Crippen LogP contribution in [-0.2, 0) is 4.74 Å². The van der Waals surface area contributed by atoms with Crippen molar-refractivity contribution in [1.82, 2.24) is 5.32 Å². The Bertz CT molecular complexity index is 488. The predicted octanol–water partition coefficient (Wildman–Crippen LogP) is 0.454. The summed E-state index contributed by atoms with van der Waals surface area (Å²) in [6.45, 7) is 0.376.